The molecule has 0 unspecified atom stereocenters. The van der Waals surface area contributed by atoms with Gasteiger partial charge in [-0.1, -0.05) is 170 Å². The lowest BCUT2D eigenvalue weighted by Gasteiger charge is -2.26. The molecule has 0 fully saturated rings. The van der Waals surface area contributed by atoms with Crippen LogP contribution in [0.15, 0.2) is 231 Å². The van der Waals surface area contributed by atoms with Crippen LogP contribution in [0.2, 0.25) is 0 Å². The third-order valence-corrected chi connectivity index (χ3v) is 11.6. The van der Waals surface area contributed by atoms with Crippen LogP contribution >= 0.6 is 0 Å². The van der Waals surface area contributed by atoms with E-state index in [9.17, 15) is 0 Å². The molecule has 0 bridgehead atoms. The van der Waals surface area contributed by atoms with Gasteiger partial charge in [-0.25, -0.2) is 0 Å². The van der Waals surface area contributed by atoms with E-state index >= 15 is 0 Å². The summed E-state index contributed by atoms with van der Waals surface area (Å²) in [5.41, 5.74) is 14.0. The highest BCUT2D eigenvalue weighted by atomic mass is 15.1. The molecule has 0 saturated heterocycles. The van der Waals surface area contributed by atoms with Gasteiger partial charge in [0.2, 0.25) is 0 Å². The van der Waals surface area contributed by atoms with Crippen molar-refractivity contribution in [1.82, 2.24) is 4.57 Å². The van der Waals surface area contributed by atoms with Crippen LogP contribution in [0.5, 0.6) is 0 Å². The lowest BCUT2D eigenvalue weighted by molar-refractivity contribution is 1.19. The van der Waals surface area contributed by atoms with E-state index in [1.807, 2.05) is 0 Å². The molecule has 1 aromatic heterocycles. The van der Waals surface area contributed by atoms with Crippen LogP contribution in [-0.4, -0.2) is 4.57 Å². The molecule has 0 aliphatic heterocycles. The zero-order valence-electron chi connectivity index (χ0n) is 31.8. The predicted octanol–water partition coefficient (Wildman–Crippen LogP) is 15.6. The molecular weight excluding hydrogens is 701 g/mol. The highest BCUT2D eigenvalue weighted by Crippen LogP contribution is 2.42. The fourth-order valence-electron chi connectivity index (χ4n) is 8.80. The van der Waals surface area contributed by atoms with Gasteiger partial charge in [-0.05, 0) is 116 Å². The minimum atomic E-state index is 1.10. The summed E-state index contributed by atoms with van der Waals surface area (Å²) in [5.74, 6) is 0. The third-order valence-electron chi connectivity index (χ3n) is 11.6. The molecule has 272 valence electrons. The molecule has 0 atom stereocenters. The summed E-state index contributed by atoms with van der Waals surface area (Å²) < 4.78 is 2.43. The van der Waals surface area contributed by atoms with E-state index in [1.54, 1.807) is 0 Å². The summed E-state index contributed by atoms with van der Waals surface area (Å²) in [4.78, 5) is 2.37. The largest absolute Gasteiger partial charge is 0.310 e. The number of rotatable bonds is 7. The Labute approximate surface area is 338 Å². The molecule has 0 amide bonds. The van der Waals surface area contributed by atoms with Gasteiger partial charge in [0, 0.05) is 33.5 Å². The number of anilines is 3. The maximum absolute atomic E-state index is 2.43. The number of fused-ring (bicyclic) bond motifs is 6. The molecule has 0 aliphatic carbocycles. The predicted molar refractivity (Wildman–Crippen MR) is 247 cm³/mol. The average Bonchev–Trinajstić information content (AvgIpc) is 3.65. The van der Waals surface area contributed by atoms with E-state index in [1.165, 1.54) is 76.7 Å². The molecule has 0 saturated carbocycles. The molecule has 0 N–H and O–H groups in total. The van der Waals surface area contributed by atoms with E-state index in [-0.39, 0.29) is 0 Å². The van der Waals surface area contributed by atoms with Gasteiger partial charge < -0.3 is 9.47 Å². The van der Waals surface area contributed by atoms with Crippen molar-refractivity contribution in [1.29, 1.82) is 0 Å². The van der Waals surface area contributed by atoms with Gasteiger partial charge >= 0.3 is 0 Å². The summed E-state index contributed by atoms with van der Waals surface area (Å²) in [7, 11) is 0. The molecule has 11 rings (SSSR count). The van der Waals surface area contributed by atoms with E-state index in [0.717, 1.165) is 22.7 Å². The Morgan fingerprint density at radius 3 is 1.53 bits per heavy atom. The second-order valence-corrected chi connectivity index (χ2v) is 15.0. The minimum Gasteiger partial charge on any atom is -0.310 e. The Morgan fingerprint density at radius 2 is 0.828 bits per heavy atom. The standard InChI is InChI=1S/C56H38N2/c1-3-13-39(14-4-1)41-27-31-46(32-28-41)57(47-33-29-42(30-34-47)40-15-5-2-6-16-40)48-19-11-18-44(37-48)52-22-12-24-55-56(52)53-21-9-10-23-54(53)58(55)49-35-36-51-45(38-49)26-25-43-17-7-8-20-50(43)51/h1-38H. The van der Waals surface area contributed by atoms with Gasteiger partial charge in [0.25, 0.3) is 0 Å². The summed E-state index contributed by atoms with van der Waals surface area (Å²) >= 11 is 0. The molecule has 0 aliphatic rings. The molecular formula is C56H38N2. The highest BCUT2D eigenvalue weighted by molar-refractivity contribution is 6.16. The SMILES string of the molecule is c1ccc(-c2ccc(N(c3ccc(-c4ccccc4)cc3)c3cccc(-c4cccc5c4c4ccccc4n5-c4ccc5c(ccc6ccccc65)c4)c3)cc2)cc1. The lowest BCUT2D eigenvalue weighted by Crippen LogP contribution is -2.10. The first kappa shape index (κ1) is 33.6. The second kappa shape index (κ2) is 14.1. The first-order valence-electron chi connectivity index (χ1n) is 19.9. The fourth-order valence-corrected chi connectivity index (χ4v) is 8.80. The number of aromatic nitrogens is 1. The quantitative estimate of drug-likeness (QED) is 0.148. The van der Waals surface area contributed by atoms with Crippen LogP contribution in [0.1, 0.15) is 0 Å². The first-order valence-corrected chi connectivity index (χ1v) is 19.9. The third kappa shape index (κ3) is 5.82. The number of para-hydroxylation sites is 1. The van der Waals surface area contributed by atoms with Crippen molar-refractivity contribution >= 4 is 60.4 Å². The van der Waals surface area contributed by atoms with Crippen LogP contribution in [0, 0.1) is 0 Å². The van der Waals surface area contributed by atoms with Gasteiger partial charge in [-0.15, -0.1) is 0 Å². The Bertz CT molecular complexity index is 3170. The smallest absolute Gasteiger partial charge is 0.0547 e. The number of benzene rings is 10. The molecule has 11 aromatic rings. The van der Waals surface area contributed by atoms with Crippen molar-refractivity contribution in [2.75, 3.05) is 4.90 Å². The van der Waals surface area contributed by atoms with Crippen molar-refractivity contribution in [3.05, 3.63) is 231 Å². The maximum atomic E-state index is 2.43. The number of hydrogen-bond donors (Lipinski definition) is 0. The lowest BCUT2D eigenvalue weighted by atomic mass is 9.98. The molecule has 58 heavy (non-hydrogen) atoms. The van der Waals surface area contributed by atoms with Crippen molar-refractivity contribution in [2.24, 2.45) is 0 Å². The van der Waals surface area contributed by atoms with Gasteiger partial charge in [-0.3, -0.25) is 0 Å². The molecule has 10 aromatic carbocycles. The van der Waals surface area contributed by atoms with Gasteiger partial charge in [0.15, 0.2) is 0 Å². The zero-order chi connectivity index (χ0) is 38.4. The Kier molecular flexibility index (Phi) is 8.19. The Balaban J connectivity index is 1.05. The van der Waals surface area contributed by atoms with Crippen LogP contribution in [0.25, 0.3) is 82.4 Å². The second-order valence-electron chi connectivity index (χ2n) is 15.0. The summed E-state index contributed by atoms with van der Waals surface area (Å²) in [6.45, 7) is 0. The topological polar surface area (TPSA) is 8.17 Å². The Hall–Kier alpha value is -7.68. The van der Waals surface area contributed by atoms with Gasteiger partial charge in [0.05, 0.1) is 11.0 Å². The Morgan fingerprint density at radius 1 is 0.293 bits per heavy atom. The number of nitrogens with zero attached hydrogens (tertiary/aromatic N) is 2. The normalized spacial score (nSPS) is 11.4. The van der Waals surface area contributed by atoms with E-state index in [0.29, 0.717) is 0 Å². The van der Waals surface area contributed by atoms with Crippen LogP contribution in [0.3, 0.4) is 0 Å². The van der Waals surface area contributed by atoms with Gasteiger partial charge in [-0.2, -0.15) is 0 Å². The zero-order valence-corrected chi connectivity index (χ0v) is 31.8. The van der Waals surface area contributed by atoms with E-state index in [4.69, 9.17) is 0 Å². The molecule has 0 spiro atoms. The molecule has 2 nitrogen and oxygen atoms in total. The summed E-state index contributed by atoms with van der Waals surface area (Å²) in [6, 6.07) is 83.6. The van der Waals surface area contributed by atoms with Crippen molar-refractivity contribution < 1.29 is 0 Å². The van der Waals surface area contributed by atoms with Crippen LogP contribution in [0.4, 0.5) is 17.1 Å². The fraction of sp³-hybridized carbons (Fsp3) is 0. The number of hydrogen-bond acceptors (Lipinski definition) is 1. The monoisotopic (exact) mass is 738 g/mol. The average molecular weight is 739 g/mol. The van der Waals surface area contributed by atoms with E-state index < -0.39 is 0 Å². The van der Waals surface area contributed by atoms with Crippen LogP contribution in [-0.2, 0) is 0 Å². The van der Waals surface area contributed by atoms with E-state index in [2.05, 4.69) is 240 Å². The first-order chi connectivity index (χ1) is 28.8. The molecule has 1 heterocycles. The minimum absolute atomic E-state index is 1.10. The van der Waals surface area contributed by atoms with Gasteiger partial charge in [0.1, 0.15) is 0 Å². The molecule has 2 heteroatoms. The van der Waals surface area contributed by atoms with Crippen LogP contribution < -0.4 is 4.90 Å². The van der Waals surface area contributed by atoms with Crippen molar-refractivity contribution in [2.45, 2.75) is 0 Å². The van der Waals surface area contributed by atoms with Crippen molar-refractivity contribution in [3.63, 3.8) is 0 Å². The maximum Gasteiger partial charge on any atom is 0.0547 e. The summed E-state index contributed by atoms with van der Waals surface area (Å²) in [6.07, 6.45) is 0. The molecule has 0 radical (unpaired) electrons. The summed E-state index contributed by atoms with van der Waals surface area (Å²) in [5, 5.41) is 7.54. The van der Waals surface area contributed by atoms with Crippen molar-refractivity contribution in [3.8, 4) is 39.1 Å². The highest BCUT2D eigenvalue weighted by Gasteiger charge is 2.19.